The Bertz CT molecular complexity index is 577. The minimum Gasteiger partial charge on any atom is -0.618 e. The van der Waals surface area contributed by atoms with Gasteiger partial charge >= 0.3 is 12.0 Å². The number of hydrogen-bond acceptors (Lipinski definition) is 4. The number of pyridine rings is 1. The molecule has 7 heteroatoms. The zero-order valence-electron chi connectivity index (χ0n) is 15.0. The average molecular weight is 337 g/mol. The van der Waals surface area contributed by atoms with E-state index in [1.54, 1.807) is 32.9 Å². The van der Waals surface area contributed by atoms with Crippen molar-refractivity contribution >= 4 is 12.0 Å². The minimum absolute atomic E-state index is 0.0149. The van der Waals surface area contributed by atoms with Crippen LogP contribution in [0.4, 0.5) is 4.79 Å². The van der Waals surface area contributed by atoms with Crippen molar-refractivity contribution in [2.45, 2.75) is 58.6 Å². The van der Waals surface area contributed by atoms with Crippen LogP contribution in [0, 0.1) is 5.21 Å². The summed E-state index contributed by atoms with van der Waals surface area (Å²) in [5.41, 5.74) is -1.23. The summed E-state index contributed by atoms with van der Waals surface area (Å²) in [5.74, 6) is -0.472. The van der Waals surface area contributed by atoms with Crippen LogP contribution in [0.3, 0.4) is 0 Å². The van der Waals surface area contributed by atoms with Gasteiger partial charge in [-0.15, -0.1) is 0 Å². The molecule has 0 aliphatic heterocycles. The second kappa shape index (κ2) is 7.99. The van der Waals surface area contributed by atoms with Crippen LogP contribution in [0.5, 0.6) is 0 Å². The number of hydrogen-bond donors (Lipinski definition) is 2. The van der Waals surface area contributed by atoms with Crippen molar-refractivity contribution < 1.29 is 19.1 Å². The van der Waals surface area contributed by atoms with Gasteiger partial charge in [-0.1, -0.05) is 13.8 Å². The van der Waals surface area contributed by atoms with E-state index >= 15 is 0 Å². The first-order valence-corrected chi connectivity index (χ1v) is 8.10. The topological polar surface area (TPSA) is 94.4 Å². The number of carbonyl (C=O) groups excluding carboxylic acids is 2. The highest BCUT2D eigenvalue weighted by molar-refractivity contribution is 5.91. The lowest BCUT2D eigenvalue weighted by Crippen LogP contribution is -2.56. The molecule has 0 radical (unpaired) electrons. The summed E-state index contributed by atoms with van der Waals surface area (Å²) in [7, 11) is 0. The lowest BCUT2D eigenvalue weighted by Gasteiger charge is -2.33. The molecule has 0 saturated carbocycles. The number of alkyl carbamates (subject to hydrolysis) is 1. The van der Waals surface area contributed by atoms with Gasteiger partial charge in [0.25, 0.3) is 5.69 Å². The molecule has 0 atom stereocenters. The predicted octanol–water partition coefficient (Wildman–Crippen LogP) is 2.13. The van der Waals surface area contributed by atoms with Gasteiger partial charge in [0.05, 0.1) is 5.54 Å². The molecule has 0 aliphatic carbocycles. The van der Waals surface area contributed by atoms with E-state index in [2.05, 4.69) is 10.6 Å². The second-order valence-electron chi connectivity index (χ2n) is 6.71. The standard InChI is InChI=1S/C17H27N3O4/c1-6-17(7-2,12-18-15(22)24-16(3,4)5)19-14(21)13-10-8-9-11-20(13)23/h8-11H,6-7,12H2,1-5H3,(H,18,22)(H,19,21). The molecule has 1 aromatic heterocycles. The summed E-state index contributed by atoms with van der Waals surface area (Å²) in [6.07, 6.45) is 1.92. The van der Waals surface area contributed by atoms with E-state index in [1.807, 2.05) is 13.8 Å². The van der Waals surface area contributed by atoms with Gasteiger partial charge in [-0.3, -0.25) is 4.79 Å². The zero-order valence-corrected chi connectivity index (χ0v) is 15.0. The van der Waals surface area contributed by atoms with Gasteiger partial charge in [-0.25, -0.2) is 4.79 Å². The van der Waals surface area contributed by atoms with Gasteiger partial charge in [-0.2, -0.15) is 4.73 Å². The zero-order chi connectivity index (χ0) is 18.4. The van der Waals surface area contributed by atoms with E-state index in [0.717, 1.165) is 0 Å². The van der Waals surface area contributed by atoms with Crippen molar-refractivity contribution in [2.75, 3.05) is 6.54 Å². The second-order valence-corrected chi connectivity index (χ2v) is 6.71. The molecule has 0 saturated heterocycles. The molecule has 0 spiro atoms. The predicted molar refractivity (Wildman–Crippen MR) is 90.4 cm³/mol. The fraction of sp³-hybridized carbons (Fsp3) is 0.588. The lowest BCUT2D eigenvalue weighted by molar-refractivity contribution is -0.607. The fourth-order valence-electron chi connectivity index (χ4n) is 2.19. The van der Waals surface area contributed by atoms with Crippen LogP contribution in [-0.4, -0.2) is 29.7 Å². The molecule has 134 valence electrons. The van der Waals surface area contributed by atoms with E-state index in [-0.39, 0.29) is 12.2 Å². The maximum Gasteiger partial charge on any atom is 0.407 e. The summed E-state index contributed by atoms with van der Waals surface area (Å²) < 4.78 is 5.73. The molecule has 0 bridgehead atoms. The minimum atomic E-state index is -0.656. The van der Waals surface area contributed by atoms with Gasteiger partial charge in [0.1, 0.15) is 5.60 Å². The summed E-state index contributed by atoms with van der Waals surface area (Å²) in [6, 6.07) is 4.64. The third-order valence-electron chi connectivity index (χ3n) is 3.76. The molecule has 0 aromatic carbocycles. The average Bonchev–Trinajstić information content (AvgIpc) is 2.50. The molecule has 1 aromatic rings. The monoisotopic (exact) mass is 337 g/mol. The number of amides is 2. The maximum atomic E-state index is 12.4. The highest BCUT2D eigenvalue weighted by Crippen LogP contribution is 2.15. The molecule has 1 rings (SSSR count). The van der Waals surface area contributed by atoms with Crippen molar-refractivity contribution in [2.24, 2.45) is 0 Å². The Morgan fingerprint density at radius 2 is 1.83 bits per heavy atom. The van der Waals surface area contributed by atoms with E-state index in [9.17, 15) is 14.8 Å². The first-order valence-electron chi connectivity index (χ1n) is 8.10. The van der Waals surface area contributed by atoms with Crippen molar-refractivity contribution in [1.29, 1.82) is 0 Å². The number of carbonyl (C=O) groups is 2. The molecule has 1 heterocycles. The Balaban J connectivity index is 2.79. The normalized spacial score (nSPS) is 11.7. The molecular formula is C17H27N3O4. The summed E-state index contributed by atoms with van der Waals surface area (Å²) in [6.45, 7) is 9.39. The largest absolute Gasteiger partial charge is 0.618 e. The van der Waals surface area contributed by atoms with Crippen LogP contribution >= 0.6 is 0 Å². The smallest absolute Gasteiger partial charge is 0.407 e. The van der Waals surface area contributed by atoms with Crippen LogP contribution in [0.1, 0.15) is 57.9 Å². The Labute approximate surface area is 143 Å². The van der Waals surface area contributed by atoms with Crippen LogP contribution in [0.25, 0.3) is 0 Å². The van der Waals surface area contributed by atoms with Gasteiger partial charge in [0.2, 0.25) is 0 Å². The quantitative estimate of drug-likeness (QED) is 0.614. The van der Waals surface area contributed by atoms with Gasteiger partial charge in [-0.05, 0) is 39.7 Å². The highest BCUT2D eigenvalue weighted by Gasteiger charge is 2.32. The number of ether oxygens (including phenoxy) is 1. The molecule has 24 heavy (non-hydrogen) atoms. The Kier molecular flexibility index (Phi) is 6.57. The van der Waals surface area contributed by atoms with E-state index in [1.165, 1.54) is 12.3 Å². The third-order valence-corrected chi connectivity index (χ3v) is 3.76. The summed E-state index contributed by atoms with van der Waals surface area (Å²) in [5, 5.41) is 17.3. The molecule has 2 N–H and O–H groups in total. The van der Waals surface area contributed by atoms with Crippen molar-refractivity contribution in [3.8, 4) is 0 Å². The first-order chi connectivity index (χ1) is 11.1. The number of rotatable bonds is 6. The lowest BCUT2D eigenvalue weighted by atomic mass is 9.92. The maximum absolute atomic E-state index is 12.4. The molecule has 7 nitrogen and oxygen atoms in total. The van der Waals surface area contributed by atoms with Crippen LogP contribution < -0.4 is 15.4 Å². The SMILES string of the molecule is CCC(CC)(CNC(=O)OC(C)(C)C)NC(=O)c1cccc[n+]1[O-]. The van der Waals surface area contributed by atoms with E-state index in [4.69, 9.17) is 4.74 Å². The third kappa shape index (κ3) is 5.72. The van der Waals surface area contributed by atoms with Crippen LogP contribution in [-0.2, 0) is 4.74 Å². The van der Waals surface area contributed by atoms with Crippen LogP contribution in [0.15, 0.2) is 24.4 Å². The molecular weight excluding hydrogens is 310 g/mol. The molecule has 0 fully saturated rings. The fourth-order valence-corrected chi connectivity index (χ4v) is 2.19. The Hall–Kier alpha value is -2.31. The van der Waals surface area contributed by atoms with E-state index < -0.39 is 23.1 Å². The molecule has 0 unspecified atom stereocenters. The first kappa shape index (κ1) is 19.7. The Morgan fingerprint density at radius 3 is 2.33 bits per heavy atom. The Morgan fingerprint density at radius 1 is 1.21 bits per heavy atom. The number of aromatic nitrogens is 1. The van der Waals surface area contributed by atoms with Gasteiger partial charge in [0, 0.05) is 18.7 Å². The van der Waals surface area contributed by atoms with Gasteiger partial charge < -0.3 is 20.6 Å². The van der Waals surface area contributed by atoms with Crippen LogP contribution in [0.2, 0.25) is 0 Å². The van der Waals surface area contributed by atoms with Crippen molar-refractivity contribution in [3.63, 3.8) is 0 Å². The van der Waals surface area contributed by atoms with Crippen molar-refractivity contribution in [3.05, 3.63) is 35.3 Å². The molecule has 2 amide bonds. The summed E-state index contributed by atoms with van der Waals surface area (Å²) in [4.78, 5) is 24.2. The molecule has 0 aliphatic rings. The summed E-state index contributed by atoms with van der Waals surface area (Å²) >= 11 is 0. The number of nitrogens with one attached hydrogen (secondary N) is 2. The van der Waals surface area contributed by atoms with Crippen molar-refractivity contribution in [1.82, 2.24) is 10.6 Å². The van der Waals surface area contributed by atoms with Gasteiger partial charge in [0.15, 0.2) is 6.20 Å². The highest BCUT2D eigenvalue weighted by atomic mass is 16.6. The number of nitrogens with zero attached hydrogens (tertiary/aromatic N) is 1. The van der Waals surface area contributed by atoms with E-state index in [0.29, 0.717) is 17.6 Å².